The SMILES string of the molecule is c1cc(-c2ccc(N(c3ccc4c(c3)oc3ccccc34)c3ccc4oc5ccccc5c4c3)cc2)cc(-c2ccc3ccccc3c2)c1. The molecule has 0 aliphatic heterocycles. The number of nitrogens with zero attached hydrogens (tertiary/aromatic N) is 1. The average Bonchev–Trinajstić information content (AvgIpc) is 3.73. The molecule has 0 aliphatic carbocycles. The summed E-state index contributed by atoms with van der Waals surface area (Å²) in [5, 5.41) is 6.92. The van der Waals surface area contributed by atoms with Crippen molar-refractivity contribution in [2.45, 2.75) is 0 Å². The quantitative estimate of drug-likeness (QED) is 0.190. The zero-order chi connectivity index (χ0) is 32.3. The molecule has 10 rings (SSSR count). The molecule has 0 unspecified atom stereocenters. The number of hydrogen-bond donors (Lipinski definition) is 0. The molecule has 0 radical (unpaired) electrons. The van der Waals surface area contributed by atoms with Gasteiger partial charge in [0.1, 0.15) is 22.3 Å². The lowest BCUT2D eigenvalue weighted by Crippen LogP contribution is -2.09. The minimum absolute atomic E-state index is 0.862. The van der Waals surface area contributed by atoms with Crippen LogP contribution in [0.1, 0.15) is 0 Å². The lowest BCUT2D eigenvalue weighted by Gasteiger charge is -2.26. The molecule has 8 aromatic carbocycles. The van der Waals surface area contributed by atoms with Crippen molar-refractivity contribution in [3.63, 3.8) is 0 Å². The Morgan fingerprint density at radius 2 is 0.837 bits per heavy atom. The van der Waals surface area contributed by atoms with E-state index in [1.165, 1.54) is 27.5 Å². The molecule has 49 heavy (non-hydrogen) atoms. The number of rotatable bonds is 5. The van der Waals surface area contributed by atoms with Gasteiger partial charge in [-0.2, -0.15) is 0 Å². The third kappa shape index (κ3) is 4.67. The number of hydrogen-bond acceptors (Lipinski definition) is 3. The molecule has 0 aliphatic rings. The third-order valence-corrected chi connectivity index (χ3v) is 9.64. The normalized spacial score (nSPS) is 11.7. The molecule has 2 aromatic heterocycles. The van der Waals surface area contributed by atoms with Gasteiger partial charge in [0.25, 0.3) is 0 Å². The zero-order valence-corrected chi connectivity index (χ0v) is 26.5. The standard InChI is InChI=1S/C46H29NO2/c1-2-9-32-27-35(17-16-30(32)8-1)34-11-7-10-33(26-34)31-18-20-36(21-19-31)47(37-23-25-45-42(28-37)40-13-4-6-15-44(40)48-45)38-22-24-41-39-12-3-5-14-43(39)49-46(41)29-38/h1-29H. The molecule has 0 fully saturated rings. The molecule has 3 nitrogen and oxygen atoms in total. The number of anilines is 3. The van der Waals surface area contributed by atoms with E-state index in [4.69, 9.17) is 8.83 Å². The van der Waals surface area contributed by atoms with Gasteiger partial charge in [0, 0.05) is 44.7 Å². The second-order valence-electron chi connectivity index (χ2n) is 12.6. The van der Waals surface area contributed by atoms with Gasteiger partial charge in [-0.3, -0.25) is 0 Å². The van der Waals surface area contributed by atoms with Gasteiger partial charge < -0.3 is 13.7 Å². The van der Waals surface area contributed by atoms with Gasteiger partial charge in [-0.1, -0.05) is 103 Å². The second-order valence-corrected chi connectivity index (χ2v) is 12.6. The van der Waals surface area contributed by atoms with E-state index >= 15 is 0 Å². The van der Waals surface area contributed by atoms with Gasteiger partial charge in [0.15, 0.2) is 0 Å². The van der Waals surface area contributed by atoms with E-state index in [0.717, 1.165) is 66.5 Å². The average molecular weight is 628 g/mol. The van der Waals surface area contributed by atoms with Crippen LogP contribution in [0.2, 0.25) is 0 Å². The van der Waals surface area contributed by atoms with Crippen LogP contribution in [0.15, 0.2) is 185 Å². The monoisotopic (exact) mass is 627 g/mol. The van der Waals surface area contributed by atoms with Crippen LogP contribution < -0.4 is 4.90 Å². The highest BCUT2D eigenvalue weighted by Crippen LogP contribution is 2.41. The summed E-state index contributed by atoms with van der Waals surface area (Å²) in [6.07, 6.45) is 0. The minimum atomic E-state index is 0.862. The summed E-state index contributed by atoms with van der Waals surface area (Å²) in [6, 6.07) is 62.2. The van der Waals surface area contributed by atoms with Gasteiger partial charge in [0.2, 0.25) is 0 Å². The first-order valence-electron chi connectivity index (χ1n) is 16.6. The summed E-state index contributed by atoms with van der Waals surface area (Å²) >= 11 is 0. The first-order chi connectivity index (χ1) is 24.2. The van der Waals surface area contributed by atoms with Crippen molar-refractivity contribution in [3.8, 4) is 22.3 Å². The van der Waals surface area contributed by atoms with E-state index in [1.54, 1.807) is 0 Å². The van der Waals surface area contributed by atoms with Gasteiger partial charge >= 0.3 is 0 Å². The Kier molecular flexibility index (Phi) is 6.18. The maximum Gasteiger partial charge on any atom is 0.137 e. The van der Waals surface area contributed by atoms with Gasteiger partial charge in [-0.25, -0.2) is 0 Å². The predicted octanol–water partition coefficient (Wildman–Crippen LogP) is 13.4. The van der Waals surface area contributed by atoms with Gasteiger partial charge in [-0.15, -0.1) is 0 Å². The molecule has 2 heterocycles. The van der Waals surface area contributed by atoms with E-state index in [-0.39, 0.29) is 0 Å². The fourth-order valence-corrected chi connectivity index (χ4v) is 7.20. The summed E-state index contributed by atoms with van der Waals surface area (Å²) < 4.78 is 12.5. The van der Waals surface area contributed by atoms with Crippen LogP contribution in [0.5, 0.6) is 0 Å². The Morgan fingerprint density at radius 3 is 1.65 bits per heavy atom. The van der Waals surface area contributed by atoms with Crippen molar-refractivity contribution in [3.05, 3.63) is 176 Å². The van der Waals surface area contributed by atoms with E-state index in [1.807, 2.05) is 24.3 Å². The maximum absolute atomic E-state index is 6.34. The molecule has 0 spiro atoms. The first-order valence-corrected chi connectivity index (χ1v) is 16.6. The highest BCUT2D eigenvalue weighted by atomic mass is 16.3. The fourth-order valence-electron chi connectivity index (χ4n) is 7.20. The fraction of sp³-hybridized carbons (Fsp3) is 0. The predicted molar refractivity (Wildman–Crippen MR) is 204 cm³/mol. The van der Waals surface area contributed by atoms with E-state index in [2.05, 4.69) is 157 Å². The van der Waals surface area contributed by atoms with Crippen molar-refractivity contribution in [2.24, 2.45) is 0 Å². The Bertz CT molecular complexity index is 2840. The van der Waals surface area contributed by atoms with Crippen LogP contribution in [0.25, 0.3) is 76.9 Å². The van der Waals surface area contributed by atoms with E-state index in [0.29, 0.717) is 0 Å². The Balaban J connectivity index is 1.08. The highest BCUT2D eigenvalue weighted by molar-refractivity contribution is 6.08. The van der Waals surface area contributed by atoms with Crippen molar-refractivity contribution in [1.29, 1.82) is 0 Å². The van der Waals surface area contributed by atoms with Crippen LogP contribution in [0.3, 0.4) is 0 Å². The molecule has 3 heteroatoms. The van der Waals surface area contributed by atoms with Crippen LogP contribution in [-0.4, -0.2) is 0 Å². The molecule has 0 saturated carbocycles. The summed E-state index contributed by atoms with van der Waals surface area (Å²) in [5.74, 6) is 0. The third-order valence-electron chi connectivity index (χ3n) is 9.64. The molecule has 10 aromatic rings. The number of para-hydroxylation sites is 2. The van der Waals surface area contributed by atoms with Gasteiger partial charge in [-0.05, 0) is 99.8 Å². The topological polar surface area (TPSA) is 29.5 Å². The van der Waals surface area contributed by atoms with Crippen molar-refractivity contribution in [2.75, 3.05) is 4.90 Å². The van der Waals surface area contributed by atoms with Crippen LogP contribution in [0, 0.1) is 0 Å². The lowest BCUT2D eigenvalue weighted by atomic mass is 9.97. The summed E-state index contributed by atoms with van der Waals surface area (Å²) in [4.78, 5) is 2.29. The molecular weight excluding hydrogens is 599 g/mol. The summed E-state index contributed by atoms with van der Waals surface area (Å²) in [5.41, 5.74) is 11.4. The largest absolute Gasteiger partial charge is 0.456 e. The molecule has 0 N–H and O–H groups in total. The molecule has 0 saturated heterocycles. The lowest BCUT2D eigenvalue weighted by molar-refractivity contribution is 0.668. The number of fused-ring (bicyclic) bond motifs is 7. The van der Waals surface area contributed by atoms with E-state index in [9.17, 15) is 0 Å². The Hall–Kier alpha value is -6.58. The smallest absolute Gasteiger partial charge is 0.137 e. The number of benzene rings is 8. The van der Waals surface area contributed by atoms with Crippen molar-refractivity contribution in [1.82, 2.24) is 0 Å². The second kappa shape index (κ2) is 11.0. The Labute approximate surface area is 282 Å². The van der Waals surface area contributed by atoms with Crippen molar-refractivity contribution < 1.29 is 8.83 Å². The maximum atomic E-state index is 6.34. The van der Waals surface area contributed by atoms with Gasteiger partial charge in [0.05, 0.1) is 0 Å². The highest BCUT2D eigenvalue weighted by Gasteiger charge is 2.18. The van der Waals surface area contributed by atoms with Crippen molar-refractivity contribution >= 4 is 71.7 Å². The Morgan fingerprint density at radius 1 is 0.286 bits per heavy atom. The molecule has 230 valence electrons. The van der Waals surface area contributed by atoms with E-state index < -0.39 is 0 Å². The number of furan rings is 2. The van der Waals surface area contributed by atoms with Crippen LogP contribution in [-0.2, 0) is 0 Å². The zero-order valence-electron chi connectivity index (χ0n) is 26.5. The molecule has 0 atom stereocenters. The first kappa shape index (κ1) is 27.5. The van der Waals surface area contributed by atoms with Crippen LogP contribution in [0.4, 0.5) is 17.1 Å². The van der Waals surface area contributed by atoms with Crippen LogP contribution >= 0.6 is 0 Å². The minimum Gasteiger partial charge on any atom is -0.456 e. The summed E-state index contributed by atoms with van der Waals surface area (Å²) in [6.45, 7) is 0. The molecule has 0 bridgehead atoms. The summed E-state index contributed by atoms with van der Waals surface area (Å²) in [7, 11) is 0. The molecular formula is C46H29NO2. The molecule has 0 amide bonds.